The van der Waals surface area contributed by atoms with Gasteiger partial charge in [-0.1, -0.05) is 0 Å². The molecular weight excluding hydrogens is 281 g/mol. The maximum absolute atomic E-state index is 12.4. The van der Waals surface area contributed by atoms with Crippen molar-refractivity contribution in [3.05, 3.63) is 32.3 Å². The lowest BCUT2D eigenvalue weighted by molar-refractivity contribution is -0.385. The second-order valence-electron chi connectivity index (χ2n) is 2.65. The number of nitrogen functional groups attached to an aromatic ring is 1. The Morgan fingerprint density at radius 2 is 1.93 bits per heavy atom. The van der Waals surface area contributed by atoms with Gasteiger partial charge in [-0.15, -0.1) is 0 Å². The van der Waals surface area contributed by atoms with E-state index in [2.05, 4.69) is 15.9 Å². The van der Waals surface area contributed by atoms with Gasteiger partial charge in [0.05, 0.1) is 20.6 Å². The van der Waals surface area contributed by atoms with E-state index in [4.69, 9.17) is 5.73 Å². The van der Waals surface area contributed by atoms with Gasteiger partial charge >= 0.3 is 6.18 Å². The quantitative estimate of drug-likeness (QED) is 0.490. The molecule has 0 spiro atoms. The fourth-order valence-corrected chi connectivity index (χ4v) is 1.40. The van der Waals surface area contributed by atoms with Crippen LogP contribution in [-0.4, -0.2) is 4.92 Å². The molecule has 8 heteroatoms. The summed E-state index contributed by atoms with van der Waals surface area (Å²) in [5.74, 6) is 0. The molecule has 1 aromatic carbocycles. The van der Waals surface area contributed by atoms with Crippen molar-refractivity contribution in [1.29, 1.82) is 0 Å². The van der Waals surface area contributed by atoms with Crippen LogP contribution in [0.1, 0.15) is 5.56 Å². The first-order chi connectivity index (χ1) is 6.73. The van der Waals surface area contributed by atoms with Crippen LogP contribution < -0.4 is 5.73 Å². The molecule has 0 heterocycles. The van der Waals surface area contributed by atoms with Crippen LogP contribution in [0, 0.1) is 10.1 Å². The number of nitrogens with two attached hydrogens (primary N) is 1. The van der Waals surface area contributed by atoms with E-state index in [-0.39, 0.29) is 10.2 Å². The molecule has 0 aromatic heterocycles. The summed E-state index contributed by atoms with van der Waals surface area (Å²) in [7, 11) is 0. The number of nitro groups is 1. The average molecular weight is 285 g/mol. The zero-order valence-electron chi connectivity index (χ0n) is 7.01. The maximum atomic E-state index is 12.4. The predicted molar refractivity (Wildman–Crippen MR) is 50.2 cm³/mol. The SMILES string of the molecule is Nc1cc([N+](=O)[O-])cc(C(F)(F)F)c1Br. The molecule has 1 rings (SSSR count). The lowest BCUT2D eigenvalue weighted by Crippen LogP contribution is -2.08. The Kier molecular flexibility index (Phi) is 2.89. The third-order valence-electron chi connectivity index (χ3n) is 1.60. The van der Waals surface area contributed by atoms with Crippen molar-refractivity contribution in [1.82, 2.24) is 0 Å². The first kappa shape index (κ1) is 11.8. The standard InChI is InChI=1S/C7H4BrF3N2O2/c8-6-4(7(9,10)11)1-3(13(14)15)2-5(6)12/h1-2H,12H2. The number of hydrogen-bond donors (Lipinski definition) is 1. The van der Waals surface area contributed by atoms with Crippen molar-refractivity contribution < 1.29 is 18.1 Å². The van der Waals surface area contributed by atoms with Crippen molar-refractivity contribution in [2.75, 3.05) is 5.73 Å². The number of nitro benzene ring substituents is 1. The third-order valence-corrected chi connectivity index (χ3v) is 2.49. The Hall–Kier alpha value is -1.31. The van der Waals surface area contributed by atoms with E-state index in [0.29, 0.717) is 6.07 Å². The van der Waals surface area contributed by atoms with Crippen molar-refractivity contribution in [3.8, 4) is 0 Å². The number of non-ortho nitro benzene ring substituents is 1. The van der Waals surface area contributed by atoms with Gasteiger partial charge in [0.25, 0.3) is 5.69 Å². The molecule has 0 radical (unpaired) electrons. The Morgan fingerprint density at radius 3 is 2.33 bits per heavy atom. The molecule has 4 nitrogen and oxygen atoms in total. The van der Waals surface area contributed by atoms with Gasteiger partial charge in [0.15, 0.2) is 0 Å². The van der Waals surface area contributed by atoms with Crippen LogP contribution >= 0.6 is 15.9 Å². The molecule has 0 unspecified atom stereocenters. The number of nitrogens with zero attached hydrogens (tertiary/aromatic N) is 1. The van der Waals surface area contributed by atoms with E-state index in [1.165, 1.54) is 0 Å². The Balaban J connectivity index is 3.45. The van der Waals surface area contributed by atoms with E-state index in [0.717, 1.165) is 6.07 Å². The molecule has 0 bridgehead atoms. The summed E-state index contributed by atoms with van der Waals surface area (Å²) in [6.45, 7) is 0. The first-order valence-corrected chi connectivity index (χ1v) is 4.33. The van der Waals surface area contributed by atoms with Crippen molar-refractivity contribution in [2.45, 2.75) is 6.18 Å². The van der Waals surface area contributed by atoms with Gasteiger partial charge in [0, 0.05) is 12.1 Å². The number of rotatable bonds is 1. The minimum atomic E-state index is -4.68. The molecule has 0 saturated carbocycles. The van der Waals surface area contributed by atoms with Crippen LogP contribution in [-0.2, 0) is 6.18 Å². The van der Waals surface area contributed by atoms with Crippen molar-refractivity contribution in [3.63, 3.8) is 0 Å². The predicted octanol–water partition coefficient (Wildman–Crippen LogP) is 2.96. The van der Waals surface area contributed by atoms with E-state index in [9.17, 15) is 23.3 Å². The van der Waals surface area contributed by atoms with Gasteiger partial charge in [-0.2, -0.15) is 13.2 Å². The molecule has 0 aliphatic heterocycles. The van der Waals surface area contributed by atoms with Gasteiger partial charge in [0.2, 0.25) is 0 Å². The summed E-state index contributed by atoms with van der Waals surface area (Å²) in [6, 6.07) is 1.29. The van der Waals surface area contributed by atoms with Crippen LogP contribution in [0.5, 0.6) is 0 Å². The van der Waals surface area contributed by atoms with Gasteiger partial charge in [-0.05, 0) is 15.9 Å². The number of benzene rings is 1. The van der Waals surface area contributed by atoms with E-state index in [1.807, 2.05) is 0 Å². The molecule has 15 heavy (non-hydrogen) atoms. The Morgan fingerprint density at radius 1 is 1.40 bits per heavy atom. The molecule has 2 N–H and O–H groups in total. The van der Waals surface area contributed by atoms with E-state index in [1.54, 1.807) is 0 Å². The molecule has 1 aromatic rings. The smallest absolute Gasteiger partial charge is 0.398 e. The highest BCUT2D eigenvalue weighted by Crippen LogP contribution is 2.39. The monoisotopic (exact) mass is 284 g/mol. The number of halogens is 4. The Bertz CT molecular complexity index is 419. The van der Waals surface area contributed by atoms with Crippen LogP contribution in [0.3, 0.4) is 0 Å². The van der Waals surface area contributed by atoms with E-state index >= 15 is 0 Å². The largest absolute Gasteiger partial charge is 0.417 e. The maximum Gasteiger partial charge on any atom is 0.417 e. The van der Waals surface area contributed by atoms with Gasteiger partial charge in [-0.25, -0.2) is 0 Å². The van der Waals surface area contributed by atoms with Crippen LogP contribution in [0.4, 0.5) is 24.5 Å². The zero-order valence-corrected chi connectivity index (χ0v) is 8.59. The minimum absolute atomic E-state index is 0.323. The normalized spacial score (nSPS) is 11.5. The van der Waals surface area contributed by atoms with Gasteiger partial charge in [-0.3, -0.25) is 10.1 Å². The molecule has 0 saturated heterocycles. The molecule has 0 amide bonds. The van der Waals surface area contributed by atoms with Crippen LogP contribution in [0.25, 0.3) is 0 Å². The molecule has 0 atom stereocenters. The fourth-order valence-electron chi connectivity index (χ4n) is 0.943. The van der Waals surface area contributed by atoms with E-state index < -0.39 is 22.4 Å². The van der Waals surface area contributed by atoms with Crippen LogP contribution in [0.2, 0.25) is 0 Å². The minimum Gasteiger partial charge on any atom is -0.398 e. The highest BCUT2D eigenvalue weighted by atomic mass is 79.9. The lowest BCUT2D eigenvalue weighted by atomic mass is 10.1. The first-order valence-electron chi connectivity index (χ1n) is 3.54. The summed E-state index contributed by atoms with van der Waals surface area (Å²) < 4.78 is 36.7. The summed E-state index contributed by atoms with van der Waals surface area (Å²) in [5, 5.41) is 10.3. The van der Waals surface area contributed by atoms with Gasteiger partial charge < -0.3 is 5.73 Å². The topological polar surface area (TPSA) is 69.2 Å². The number of alkyl halides is 3. The fraction of sp³-hybridized carbons (Fsp3) is 0.143. The molecule has 82 valence electrons. The van der Waals surface area contributed by atoms with Crippen LogP contribution in [0.15, 0.2) is 16.6 Å². The number of anilines is 1. The molecule has 0 aliphatic carbocycles. The summed E-state index contributed by atoms with van der Waals surface area (Å²) in [6.07, 6.45) is -4.68. The van der Waals surface area contributed by atoms with Gasteiger partial charge in [0.1, 0.15) is 0 Å². The van der Waals surface area contributed by atoms with Crippen molar-refractivity contribution in [2.24, 2.45) is 0 Å². The Labute approximate surface area is 90.2 Å². The summed E-state index contributed by atoms with van der Waals surface area (Å²) >= 11 is 2.63. The zero-order chi connectivity index (χ0) is 11.8. The highest BCUT2D eigenvalue weighted by Gasteiger charge is 2.35. The molecule has 0 fully saturated rings. The summed E-state index contributed by atoms with van der Waals surface area (Å²) in [5.41, 5.74) is 3.03. The number of hydrogen-bond acceptors (Lipinski definition) is 3. The second kappa shape index (κ2) is 3.69. The van der Waals surface area contributed by atoms with Crippen molar-refractivity contribution >= 4 is 27.3 Å². The highest BCUT2D eigenvalue weighted by molar-refractivity contribution is 9.10. The summed E-state index contributed by atoms with van der Waals surface area (Å²) in [4.78, 5) is 9.38. The molecular formula is C7H4BrF3N2O2. The average Bonchev–Trinajstić information content (AvgIpc) is 2.06. The third kappa shape index (κ3) is 2.38. The molecule has 0 aliphatic rings. The second-order valence-corrected chi connectivity index (χ2v) is 3.44. The lowest BCUT2D eigenvalue weighted by Gasteiger charge is -2.10.